The summed E-state index contributed by atoms with van der Waals surface area (Å²) in [4.78, 5) is 13.7. The van der Waals surface area contributed by atoms with Crippen LogP contribution in [0.3, 0.4) is 0 Å². The van der Waals surface area contributed by atoms with Crippen molar-refractivity contribution >= 4 is 5.97 Å². The van der Waals surface area contributed by atoms with Crippen molar-refractivity contribution in [3.05, 3.63) is 36.5 Å². The minimum atomic E-state index is -2.18. The van der Waals surface area contributed by atoms with Gasteiger partial charge in [-0.05, 0) is 69.6 Å². The highest BCUT2D eigenvalue weighted by Gasteiger charge is 2.57. The second-order valence-corrected chi connectivity index (χ2v) is 19.5. The summed E-state index contributed by atoms with van der Waals surface area (Å²) in [5, 5.41) is 100. The average Bonchev–Trinajstić information content (AvgIpc) is 3.22. The van der Waals surface area contributed by atoms with E-state index in [4.69, 9.17) is 14.2 Å². The van der Waals surface area contributed by atoms with Gasteiger partial charge >= 0.3 is 5.97 Å². The molecule has 0 amide bonds. The summed E-state index contributed by atoms with van der Waals surface area (Å²) in [6.45, 7) is 18.5. The van der Waals surface area contributed by atoms with Gasteiger partial charge in [0.05, 0.1) is 48.8 Å². The molecule has 3 rings (SSSR count). The molecule has 2 fully saturated rings. The SMILES string of the molecule is CCCC1(O)C(O)C(C)C/C=C/C=C/C(CC(C)O)CCC2OC3(CCC(C)C(C(C)C(O)CC)O3)C(C)C(OC(=O)/C=C/C(C)C(O)C(C)C(O)CC(O)C(O)C1O)C2C. The topological polar surface area (TPSA) is 227 Å². The molecule has 1 spiro atoms. The number of hydrogen-bond acceptors (Lipinski definition) is 13. The van der Waals surface area contributed by atoms with Gasteiger partial charge in [0.25, 0.3) is 0 Å². The maximum Gasteiger partial charge on any atom is 0.330 e. The van der Waals surface area contributed by atoms with Gasteiger partial charge in [0.1, 0.15) is 23.9 Å². The third-order valence-electron chi connectivity index (χ3n) is 14.5. The molecule has 0 saturated carbocycles. The Morgan fingerprint density at radius 3 is 2.10 bits per heavy atom. The molecular formula is C48H84O13. The van der Waals surface area contributed by atoms with Gasteiger partial charge in [0, 0.05) is 48.5 Å². The third kappa shape index (κ3) is 13.6. The van der Waals surface area contributed by atoms with Crippen LogP contribution in [0, 0.1) is 47.3 Å². The van der Waals surface area contributed by atoms with E-state index in [1.165, 1.54) is 12.2 Å². The van der Waals surface area contributed by atoms with Gasteiger partial charge in [-0.25, -0.2) is 4.79 Å². The number of hydrogen-bond donors (Lipinski definition) is 9. The predicted octanol–water partition coefficient (Wildman–Crippen LogP) is 4.72. The zero-order chi connectivity index (χ0) is 46.0. The number of rotatable bonds is 7. The summed E-state index contributed by atoms with van der Waals surface area (Å²) < 4.78 is 20.3. The van der Waals surface area contributed by atoms with Crippen molar-refractivity contribution < 1.29 is 65.0 Å². The average molecular weight is 869 g/mol. The first kappa shape index (κ1) is 53.6. The lowest BCUT2D eigenvalue weighted by Gasteiger charge is -2.56. The fraction of sp³-hybridized carbons (Fsp3) is 0.854. The monoisotopic (exact) mass is 869 g/mol. The Balaban J connectivity index is 2.04. The lowest BCUT2D eigenvalue weighted by Crippen LogP contribution is -2.63. The van der Waals surface area contributed by atoms with Gasteiger partial charge in [-0.15, -0.1) is 0 Å². The minimum absolute atomic E-state index is 0.0486. The first-order valence-corrected chi connectivity index (χ1v) is 23.3. The number of allylic oxidation sites excluding steroid dienone is 4. The molecule has 3 aliphatic rings. The molecule has 3 heterocycles. The van der Waals surface area contributed by atoms with Crippen LogP contribution in [0.2, 0.25) is 0 Å². The molecule has 354 valence electrons. The molecule has 21 unspecified atom stereocenters. The van der Waals surface area contributed by atoms with Gasteiger partial charge in [-0.3, -0.25) is 0 Å². The second kappa shape index (κ2) is 24.0. The number of fused-ring (bicyclic) bond motifs is 2. The molecule has 2 saturated heterocycles. The summed E-state index contributed by atoms with van der Waals surface area (Å²) in [5.74, 6) is -4.43. The van der Waals surface area contributed by atoms with Crippen molar-refractivity contribution in [2.24, 2.45) is 47.3 Å². The van der Waals surface area contributed by atoms with Crippen LogP contribution in [0.5, 0.6) is 0 Å². The molecule has 0 radical (unpaired) electrons. The van der Waals surface area contributed by atoms with Gasteiger partial charge < -0.3 is 60.2 Å². The summed E-state index contributed by atoms with van der Waals surface area (Å²) >= 11 is 0. The Morgan fingerprint density at radius 2 is 1.48 bits per heavy atom. The predicted molar refractivity (Wildman–Crippen MR) is 234 cm³/mol. The fourth-order valence-electron chi connectivity index (χ4n) is 10.1. The van der Waals surface area contributed by atoms with E-state index >= 15 is 0 Å². The van der Waals surface area contributed by atoms with Crippen molar-refractivity contribution in [2.75, 3.05) is 0 Å². The van der Waals surface area contributed by atoms with Gasteiger partial charge in [0.15, 0.2) is 5.79 Å². The van der Waals surface area contributed by atoms with Crippen molar-refractivity contribution in [1.29, 1.82) is 0 Å². The van der Waals surface area contributed by atoms with Crippen LogP contribution in [-0.2, 0) is 19.0 Å². The molecule has 2 bridgehead atoms. The lowest BCUT2D eigenvalue weighted by atomic mass is 9.73. The van der Waals surface area contributed by atoms with Crippen molar-refractivity contribution in [2.45, 2.75) is 212 Å². The molecule has 13 nitrogen and oxygen atoms in total. The maximum absolute atomic E-state index is 13.7. The van der Waals surface area contributed by atoms with E-state index in [0.29, 0.717) is 44.9 Å². The Bertz CT molecular complexity index is 1410. The molecule has 3 aliphatic heterocycles. The van der Waals surface area contributed by atoms with Crippen LogP contribution in [0.4, 0.5) is 0 Å². The van der Waals surface area contributed by atoms with Crippen LogP contribution in [-0.4, -0.2) is 130 Å². The minimum Gasteiger partial charge on any atom is -0.458 e. The van der Waals surface area contributed by atoms with E-state index in [1.807, 2.05) is 52.0 Å². The number of ether oxygens (including phenoxy) is 3. The first-order chi connectivity index (χ1) is 28.5. The zero-order valence-corrected chi connectivity index (χ0v) is 38.7. The van der Waals surface area contributed by atoms with Crippen LogP contribution in [0.15, 0.2) is 36.5 Å². The molecule has 9 N–H and O–H groups in total. The first-order valence-electron chi connectivity index (χ1n) is 23.3. The summed E-state index contributed by atoms with van der Waals surface area (Å²) in [5.41, 5.74) is -2.18. The van der Waals surface area contributed by atoms with Gasteiger partial charge in [0.2, 0.25) is 0 Å². The van der Waals surface area contributed by atoms with Crippen LogP contribution < -0.4 is 0 Å². The smallest absolute Gasteiger partial charge is 0.330 e. The second-order valence-electron chi connectivity index (χ2n) is 19.5. The largest absolute Gasteiger partial charge is 0.458 e. The van der Waals surface area contributed by atoms with Crippen molar-refractivity contribution in [3.8, 4) is 0 Å². The van der Waals surface area contributed by atoms with Crippen LogP contribution in [0.1, 0.15) is 133 Å². The highest BCUT2D eigenvalue weighted by molar-refractivity contribution is 5.82. The molecule has 0 aromatic rings. The van der Waals surface area contributed by atoms with E-state index in [0.717, 1.165) is 6.42 Å². The van der Waals surface area contributed by atoms with Crippen LogP contribution in [0.25, 0.3) is 0 Å². The Hall–Kier alpha value is -1.75. The molecule has 0 aliphatic carbocycles. The lowest BCUT2D eigenvalue weighted by molar-refractivity contribution is -0.376. The van der Waals surface area contributed by atoms with E-state index in [2.05, 4.69) is 6.92 Å². The number of carbonyl (C=O) groups is 1. The fourth-order valence-corrected chi connectivity index (χ4v) is 10.1. The van der Waals surface area contributed by atoms with Gasteiger partial charge in [-0.1, -0.05) is 99.1 Å². The quantitative estimate of drug-likeness (QED) is 0.158. The molecule has 0 aromatic heterocycles. The highest BCUT2D eigenvalue weighted by Crippen LogP contribution is 2.49. The number of aliphatic hydroxyl groups excluding tert-OH is 8. The molecule has 21 atom stereocenters. The molecule has 0 aromatic carbocycles. The summed E-state index contributed by atoms with van der Waals surface area (Å²) in [6.07, 6.45) is 2.11. The number of esters is 1. The Labute approximate surface area is 365 Å². The highest BCUT2D eigenvalue weighted by atomic mass is 16.7. The molecular weight excluding hydrogens is 785 g/mol. The Morgan fingerprint density at radius 1 is 0.803 bits per heavy atom. The van der Waals surface area contributed by atoms with Crippen molar-refractivity contribution in [1.82, 2.24) is 0 Å². The standard InChI is InChI=1S/C48H84O13/c1-11-23-47(58)45(56)29(5)16-14-13-15-17-35(25-30(6)49)19-20-39-33(9)44(34(10)48(60-39)24-22-28(4)43(61-48)32(8)36(50)12-2)59-40(53)21-18-27(3)41(54)31(7)37(51)26-38(52)42(55)46(47)57/h13-15,17-18,21,27-39,41-46,49-52,54-58H,11-12,16,19-20,22-26H2,1-10H3/b14-13+,17-15+,21-18+. The van der Waals surface area contributed by atoms with Crippen LogP contribution >= 0.6 is 0 Å². The molecule has 13 heteroatoms. The van der Waals surface area contributed by atoms with Gasteiger partial charge in [-0.2, -0.15) is 0 Å². The number of aliphatic hydroxyl groups is 9. The Kier molecular flexibility index (Phi) is 21.1. The van der Waals surface area contributed by atoms with E-state index in [-0.39, 0.29) is 48.2 Å². The normalized spacial score (nSPS) is 46.2. The van der Waals surface area contributed by atoms with E-state index in [1.54, 1.807) is 34.6 Å². The summed E-state index contributed by atoms with van der Waals surface area (Å²) in [6, 6.07) is 0. The molecule has 61 heavy (non-hydrogen) atoms. The summed E-state index contributed by atoms with van der Waals surface area (Å²) in [7, 11) is 0. The van der Waals surface area contributed by atoms with E-state index < -0.39 is 96.5 Å². The maximum atomic E-state index is 13.7. The number of carbonyl (C=O) groups excluding carboxylic acids is 1. The zero-order valence-electron chi connectivity index (χ0n) is 38.7. The van der Waals surface area contributed by atoms with E-state index in [9.17, 15) is 50.8 Å². The third-order valence-corrected chi connectivity index (χ3v) is 14.5. The van der Waals surface area contributed by atoms with Crippen molar-refractivity contribution in [3.63, 3.8) is 0 Å².